The zero-order chi connectivity index (χ0) is 19.0. The molecule has 0 saturated carbocycles. The summed E-state index contributed by atoms with van der Waals surface area (Å²) in [6.07, 6.45) is 3.44. The Morgan fingerprint density at radius 3 is 2.74 bits per heavy atom. The maximum absolute atomic E-state index is 12.7. The van der Waals surface area contributed by atoms with Crippen LogP contribution in [0.2, 0.25) is 0 Å². The number of nitrogens with one attached hydrogen (secondary N) is 1. The first-order valence-corrected chi connectivity index (χ1v) is 8.81. The van der Waals surface area contributed by atoms with Gasteiger partial charge in [-0.2, -0.15) is 5.10 Å². The predicted octanol–water partition coefficient (Wildman–Crippen LogP) is 4.60. The summed E-state index contributed by atoms with van der Waals surface area (Å²) in [5, 5.41) is 8.39. The summed E-state index contributed by atoms with van der Waals surface area (Å²) in [5.41, 5.74) is 6.37. The largest absolute Gasteiger partial charge is 0.319 e. The molecule has 0 aliphatic rings. The molecule has 2 heterocycles. The molecule has 1 N–H and O–H groups in total. The van der Waals surface area contributed by atoms with Crippen molar-refractivity contribution in [1.82, 2.24) is 14.8 Å². The number of hydrogen-bond acceptors (Lipinski definition) is 3. The van der Waals surface area contributed by atoms with Crippen LogP contribution in [-0.2, 0) is 0 Å². The normalized spacial score (nSPS) is 10.9. The van der Waals surface area contributed by atoms with Gasteiger partial charge >= 0.3 is 0 Å². The van der Waals surface area contributed by atoms with Crippen molar-refractivity contribution in [1.29, 1.82) is 0 Å². The molecule has 1 amide bonds. The minimum absolute atomic E-state index is 0.163. The second-order valence-electron chi connectivity index (χ2n) is 6.71. The van der Waals surface area contributed by atoms with Crippen LogP contribution in [0.25, 0.3) is 16.6 Å². The molecule has 0 bridgehead atoms. The fraction of sp³-hybridized carbons (Fsp3) is 0.136. The number of aryl methyl sites for hydroxylation is 2. The van der Waals surface area contributed by atoms with E-state index in [1.807, 2.05) is 35.9 Å². The lowest BCUT2D eigenvalue weighted by Crippen LogP contribution is -2.12. The van der Waals surface area contributed by atoms with Gasteiger partial charge in [-0.25, -0.2) is 4.68 Å². The third kappa shape index (κ3) is 3.19. The van der Waals surface area contributed by atoms with Crippen molar-refractivity contribution < 1.29 is 4.79 Å². The van der Waals surface area contributed by atoms with Crippen LogP contribution < -0.4 is 5.32 Å². The Hall–Kier alpha value is -3.47. The lowest BCUT2D eigenvalue weighted by Gasteiger charge is -2.10. The van der Waals surface area contributed by atoms with Gasteiger partial charge in [-0.05, 0) is 62.2 Å². The van der Waals surface area contributed by atoms with Crippen LogP contribution in [0.3, 0.4) is 0 Å². The van der Waals surface area contributed by atoms with Crippen LogP contribution in [0, 0.1) is 20.8 Å². The molecule has 0 saturated heterocycles. The average molecular weight is 356 g/mol. The first kappa shape index (κ1) is 17.0. The van der Waals surface area contributed by atoms with E-state index >= 15 is 0 Å². The molecule has 0 spiro atoms. The van der Waals surface area contributed by atoms with Crippen molar-refractivity contribution in [2.45, 2.75) is 20.8 Å². The van der Waals surface area contributed by atoms with Gasteiger partial charge in [0.25, 0.3) is 5.91 Å². The summed E-state index contributed by atoms with van der Waals surface area (Å²) in [6, 6.07) is 15.6. The highest BCUT2D eigenvalue weighted by Crippen LogP contribution is 2.23. The van der Waals surface area contributed by atoms with Crippen molar-refractivity contribution in [2.75, 3.05) is 5.32 Å². The predicted molar refractivity (Wildman–Crippen MR) is 107 cm³/mol. The molecule has 134 valence electrons. The van der Waals surface area contributed by atoms with Gasteiger partial charge in [0.05, 0.1) is 28.8 Å². The smallest absolute Gasteiger partial charge is 0.255 e. The molecule has 0 fully saturated rings. The first-order valence-electron chi connectivity index (χ1n) is 8.81. The molecule has 5 heteroatoms. The number of rotatable bonds is 3. The molecule has 2 aromatic heterocycles. The van der Waals surface area contributed by atoms with Crippen LogP contribution in [0.5, 0.6) is 0 Å². The second-order valence-corrected chi connectivity index (χ2v) is 6.71. The summed E-state index contributed by atoms with van der Waals surface area (Å²) in [7, 11) is 0. The molecule has 5 nitrogen and oxygen atoms in total. The van der Waals surface area contributed by atoms with Gasteiger partial charge in [-0.1, -0.05) is 18.2 Å². The molecule has 0 aliphatic carbocycles. The Labute approximate surface area is 157 Å². The van der Waals surface area contributed by atoms with E-state index in [2.05, 4.69) is 47.4 Å². The highest BCUT2D eigenvalue weighted by Gasteiger charge is 2.14. The van der Waals surface area contributed by atoms with Gasteiger partial charge < -0.3 is 5.32 Å². The highest BCUT2D eigenvalue weighted by molar-refractivity contribution is 6.06. The number of hydrogen-bond donors (Lipinski definition) is 1. The van der Waals surface area contributed by atoms with Crippen LogP contribution in [0.4, 0.5) is 5.69 Å². The molecular formula is C22H20N4O. The van der Waals surface area contributed by atoms with Crippen molar-refractivity contribution >= 4 is 22.5 Å². The number of aromatic nitrogens is 3. The van der Waals surface area contributed by atoms with E-state index in [-0.39, 0.29) is 5.91 Å². The van der Waals surface area contributed by atoms with E-state index in [1.54, 1.807) is 18.5 Å². The molecule has 27 heavy (non-hydrogen) atoms. The van der Waals surface area contributed by atoms with Gasteiger partial charge in [0, 0.05) is 17.1 Å². The maximum atomic E-state index is 12.7. The minimum atomic E-state index is -0.163. The molecule has 0 radical (unpaired) electrons. The number of anilines is 1. The first-order chi connectivity index (χ1) is 13.0. The Balaban J connectivity index is 1.63. The number of fused-ring (bicyclic) bond motifs is 1. The van der Waals surface area contributed by atoms with Gasteiger partial charge in [0.15, 0.2) is 0 Å². The van der Waals surface area contributed by atoms with Crippen LogP contribution in [0.15, 0.2) is 60.9 Å². The van der Waals surface area contributed by atoms with Gasteiger partial charge in [-0.15, -0.1) is 0 Å². The van der Waals surface area contributed by atoms with Crippen LogP contribution >= 0.6 is 0 Å². The number of pyridine rings is 1. The topological polar surface area (TPSA) is 59.8 Å². The summed E-state index contributed by atoms with van der Waals surface area (Å²) in [5.74, 6) is -0.163. The van der Waals surface area contributed by atoms with Gasteiger partial charge in [0.2, 0.25) is 0 Å². The zero-order valence-electron chi connectivity index (χ0n) is 15.5. The summed E-state index contributed by atoms with van der Waals surface area (Å²) >= 11 is 0. The van der Waals surface area contributed by atoms with E-state index in [0.29, 0.717) is 11.3 Å². The molecule has 4 rings (SSSR count). The zero-order valence-corrected chi connectivity index (χ0v) is 15.5. The SMILES string of the molecule is Cc1ccc(C)c(-n2ncc(NC(=O)c3ccc4ncccc4c3)c2C)c1. The standard InChI is InChI=1S/C22H20N4O/c1-14-6-7-15(2)21(11-14)26-16(3)20(13-24-26)25-22(27)18-8-9-19-17(12-18)5-4-10-23-19/h4-13H,1-3H3,(H,25,27). The third-order valence-electron chi connectivity index (χ3n) is 4.72. The summed E-state index contributed by atoms with van der Waals surface area (Å²) in [4.78, 5) is 17.0. The molecule has 0 unspecified atom stereocenters. The highest BCUT2D eigenvalue weighted by atomic mass is 16.1. The van der Waals surface area contributed by atoms with E-state index in [9.17, 15) is 4.79 Å². The molecule has 0 aliphatic heterocycles. The maximum Gasteiger partial charge on any atom is 0.255 e. The number of nitrogens with zero attached hydrogens (tertiary/aromatic N) is 3. The number of carbonyl (C=O) groups excluding carboxylic acids is 1. The van der Waals surface area contributed by atoms with Crippen molar-refractivity contribution in [3.8, 4) is 5.69 Å². The molecule has 0 atom stereocenters. The fourth-order valence-corrected chi connectivity index (χ4v) is 3.13. The van der Waals surface area contributed by atoms with E-state index in [1.165, 1.54) is 5.56 Å². The quantitative estimate of drug-likeness (QED) is 0.584. The number of amides is 1. The Bertz CT molecular complexity index is 1160. The lowest BCUT2D eigenvalue weighted by atomic mass is 10.1. The van der Waals surface area contributed by atoms with Gasteiger partial charge in [0.1, 0.15) is 0 Å². The Morgan fingerprint density at radius 2 is 1.89 bits per heavy atom. The Kier molecular flexibility index (Phi) is 4.20. The fourth-order valence-electron chi connectivity index (χ4n) is 3.13. The monoisotopic (exact) mass is 356 g/mol. The van der Waals surface area contributed by atoms with E-state index in [0.717, 1.165) is 27.8 Å². The average Bonchev–Trinajstić information content (AvgIpc) is 3.03. The minimum Gasteiger partial charge on any atom is -0.319 e. The molecule has 4 aromatic rings. The summed E-state index contributed by atoms with van der Waals surface area (Å²) in [6.45, 7) is 6.06. The summed E-state index contributed by atoms with van der Waals surface area (Å²) < 4.78 is 1.86. The van der Waals surface area contributed by atoms with Crippen LogP contribution in [0.1, 0.15) is 27.2 Å². The number of carbonyl (C=O) groups is 1. The lowest BCUT2D eigenvalue weighted by molar-refractivity contribution is 0.102. The van der Waals surface area contributed by atoms with E-state index < -0.39 is 0 Å². The number of benzene rings is 2. The Morgan fingerprint density at radius 1 is 1.04 bits per heavy atom. The van der Waals surface area contributed by atoms with Crippen molar-refractivity contribution in [3.63, 3.8) is 0 Å². The molecular weight excluding hydrogens is 336 g/mol. The molecule has 2 aromatic carbocycles. The van der Waals surface area contributed by atoms with Crippen LogP contribution in [-0.4, -0.2) is 20.7 Å². The van der Waals surface area contributed by atoms with Gasteiger partial charge in [-0.3, -0.25) is 9.78 Å². The van der Waals surface area contributed by atoms with Crippen molar-refractivity contribution in [3.05, 3.63) is 83.3 Å². The second kappa shape index (κ2) is 6.68. The van der Waals surface area contributed by atoms with E-state index in [4.69, 9.17) is 0 Å². The van der Waals surface area contributed by atoms with Crippen molar-refractivity contribution in [2.24, 2.45) is 0 Å². The third-order valence-corrected chi connectivity index (χ3v) is 4.72.